The van der Waals surface area contributed by atoms with Crippen LogP contribution in [0.2, 0.25) is 0 Å². The highest BCUT2D eigenvalue weighted by atomic mass is 16.6. The molecule has 98 valence electrons. The van der Waals surface area contributed by atoms with Gasteiger partial charge in [0.1, 0.15) is 5.75 Å². The quantitative estimate of drug-likeness (QED) is 0.832. The van der Waals surface area contributed by atoms with Crippen molar-refractivity contribution in [1.82, 2.24) is 0 Å². The summed E-state index contributed by atoms with van der Waals surface area (Å²) in [6.45, 7) is 2.04. The Hall–Kier alpha value is -2.29. The standard InChI is InChI=1S/C16H17NO2/c1-3-13-9-7-8-12-15(13)19-16(18)17(2)14-10-5-4-6-11-14/h4-12H,3H2,1-2H3. The number of amides is 1. The van der Waals surface area contributed by atoms with Gasteiger partial charge in [0.2, 0.25) is 0 Å². The first-order chi connectivity index (χ1) is 9.22. The molecule has 0 aliphatic carbocycles. The molecule has 0 spiro atoms. The SMILES string of the molecule is CCc1ccccc1OC(=O)N(C)c1ccccc1. The minimum atomic E-state index is -0.382. The number of aryl methyl sites for hydroxylation is 1. The number of ether oxygens (including phenoxy) is 1. The van der Waals surface area contributed by atoms with E-state index in [4.69, 9.17) is 4.74 Å². The summed E-state index contributed by atoms with van der Waals surface area (Å²) >= 11 is 0. The van der Waals surface area contributed by atoms with Gasteiger partial charge < -0.3 is 4.74 Å². The summed E-state index contributed by atoms with van der Waals surface area (Å²) in [6.07, 6.45) is 0.450. The van der Waals surface area contributed by atoms with Gasteiger partial charge in [0, 0.05) is 12.7 Å². The molecular weight excluding hydrogens is 238 g/mol. The lowest BCUT2D eigenvalue weighted by molar-refractivity contribution is 0.208. The molecule has 0 aliphatic rings. The van der Waals surface area contributed by atoms with Crippen LogP contribution in [0.25, 0.3) is 0 Å². The van der Waals surface area contributed by atoms with Crippen molar-refractivity contribution >= 4 is 11.8 Å². The Labute approximate surface area is 113 Å². The monoisotopic (exact) mass is 255 g/mol. The second-order valence-electron chi connectivity index (χ2n) is 4.22. The summed E-state index contributed by atoms with van der Waals surface area (Å²) in [5.41, 5.74) is 1.83. The van der Waals surface area contributed by atoms with Crippen LogP contribution in [0.1, 0.15) is 12.5 Å². The van der Waals surface area contributed by atoms with Gasteiger partial charge in [-0.2, -0.15) is 0 Å². The number of carbonyl (C=O) groups is 1. The van der Waals surface area contributed by atoms with Crippen molar-refractivity contribution in [1.29, 1.82) is 0 Å². The number of carbonyl (C=O) groups excluding carboxylic acids is 1. The van der Waals surface area contributed by atoms with Crippen molar-refractivity contribution in [2.45, 2.75) is 13.3 Å². The number of hydrogen-bond donors (Lipinski definition) is 0. The van der Waals surface area contributed by atoms with Crippen molar-refractivity contribution in [3.8, 4) is 5.75 Å². The highest BCUT2D eigenvalue weighted by molar-refractivity contribution is 5.88. The third-order valence-electron chi connectivity index (χ3n) is 2.97. The normalized spacial score (nSPS) is 10.0. The summed E-state index contributed by atoms with van der Waals surface area (Å²) in [5, 5.41) is 0. The zero-order valence-corrected chi connectivity index (χ0v) is 11.2. The van der Waals surface area contributed by atoms with E-state index in [9.17, 15) is 4.79 Å². The summed E-state index contributed by atoms with van der Waals surface area (Å²) in [5.74, 6) is 0.623. The molecule has 0 heterocycles. The Kier molecular flexibility index (Phi) is 4.18. The fraction of sp³-hybridized carbons (Fsp3) is 0.188. The molecule has 0 aliphatic heterocycles. The molecule has 0 aromatic heterocycles. The fourth-order valence-corrected chi connectivity index (χ4v) is 1.82. The van der Waals surface area contributed by atoms with Gasteiger partial charge in [-0.25, -0.2) is 4.79 Å². The van der Waals surface area contributed by atoms with Crippen molar-refractivity contribution in [2.75, 3.05) is 11.9 Å². The lowest BCUT2D eigenvalue weighted by Crippen LogP contribution is -2.29. The van der Waals surface area contributed by atoms with E-state index in [1.807, 2.05) is 61.5 Å². The van der Waals surface area contributed by atoms with E-state index in [-0.39, 0.29) is 6.09 Å². The van der Waals surface area contributed by atoms with Gasteiger partial charge in [0.25, 0.3) is 0 Å². The predicted molar refractivity (Wildman–Crippen MR) is 76.7 cm³/mol. The molecule has 2 aromatic rings. The van der Waals surface area contributed by atoms with Crippen molar-refractivity contribution in [2.24, 2.45) is 0 Å². The molecule has 0 radical (unpaired) electrons. The fourth-order valence-electron chi connectivity index (χ4n) is 1.82. The van der Waals surface area contributed by atoms with E-state index in [2.05, 4.69) is 0 Å². The van der Waals surface area contributed by atoms with Gasteiger partial charge in [0.15, 0.2) is 0 Å². The summed E-state index contributed by atoms with van der Waals surface area (Å²) < 4.78 is 5.44. The first kappa shape index (κ1) is 13.1. The highest BCUT2D eigenvalue weighted by Crippen LogP contribution is 2.20. The van der Waals surface area contributed by atoms with E-state index >= 15 is 0 Å². The Bertz CT molecular complexity index is 552. The van der Waals surface area contributed by atoms with E-state index in [1.165, 1.54) is 4.90 Å². The predicted octanol–water partition coefficient (Wildman–Crippen LogP) is 3.88. The molecule has 0 saturated carbocycles. The Morgan fingerprint density at radius 2 is 1.68 bits per heavy atom. The van der Waals surface area contributed by atoms with Gasteiger partial charge in [-0.3, -0.25) is 4.90 Å². The van der Waals surface area contributed by atoms with Crippen LogP contribution in [0.5, 0.6) is 5.75 Å². The van der Waals surface area contributed by atoms with Crippen LogP contribution in [-0.4, -0.2) is 13.1 Å². The minimum absolute atomic E-state index is 0.382. The van der Waals surface area contributed by atoms with Gasteiger partial charge in [-0.15, -0.1) is 0 Å². The molecule has 2 aromatic carbocycles. The molecular formula is C16H17NO2. The third kappa shape index (κ3) is 3.13. The van der Waals surface area contributed by atoms with Crippen LogP contribution in [0.3, 0.4) is 0 Å². The molecule has 0 fully saturated rings. The van der Waals surface area contributed by atoms with Crippen molar-refractivity contribution in [3.63, 3.8) is 0 Å². The molecule has 0 saturated heterocycles. The lowest BCUT2D eigenvalue weighted by Gasteiger charge is -2.17. The van der Waals surface area contributed by atoms with Gasteiger partial charge in [-0.05, 0) is 30.2 Å². The molecule has 0 atom stereocenters. The zero-order valence-electron chi connectivity index (χ0n) is 11.2. The zero-order chi connectivity index (χ0) is 13.7. The maximum Gasteiger partial charge on any atom is 0.419 e. The second kappa shape index (κ2) is 6.05. The van der Waals surface area contributed by atoms with E-state index in [0.717, 1.165) is 17.7 Å². The van der Waals surface area contributed by atoms with Crippen LogP contribution in [0.4, 0.5) is 10.5 Å². The average Bonchev–Trinajstić information content (AvgIpc) is 2.48. The third-order valence-corrected chi connectivity index (χ3v) is 2.97. The molecule has 2 rings (SSSR count). The Morgan fingerprint density at radius 1 is 1.05 bits per heavy atom. The maximum atomic E-state index is 12.1. The Balaban J connectivity index is 2.13. The van der Waals surface area contributed by atoms with Crippen LogP contribution >= 0.6 is 0 Å². The molecule has 0 bridgehead atoms. The van der Waals surface area contributed by atoms with Crippen molar-refractivity contribution in [3.05, 3.63) is 60.2 Å². The second-order valence-corrected chi connectivity index (χ2v) is 4.22. The van der Waals surface area contributed by atoms with E-state index in [1.54, 1.807) is 7.05 Å². The number of hydrogen-bond acceptors (Lipinski definition) is 2. The smallest absolute Gasteiger partial charge is 0.410 e. The van der Waals surface area contributed by atoms with E-state index in [0.29, 0.717) is 5.75 Å². The van der Waals surface area contributed by atoms with Gasteiger partial charge in [0.05, 0.1) is 0 Å². The van der Waals surface area contributed by atoms with Crippen LogP contribution in [-0.2, 0) is 6.42 Å². The average molecular weight is 255 g/mol. The molecule has 3 nitrogen and oxygen atoms in total. The summed E-state index contributed by atoms with van der Waals surface area (Å²) in [7, 11) is 1.70. The highest BCUT2D eigenvalue weighted by Gasteiger charge is 2.14. The maximum absolute atomic E-state index is 12.1. The van der Waals surface area contributed by atoms with Crippen LogP contribution < -0.4 is 9.64 Å². The molecule has 19 heavy (non-hydrogen) atoms. The number of rotatable bonds is 3. The van der Waals surface area contributed by atoms with Crippen LogP contribution in [0.15, 0.2) is 54.6 Å². The number of para-hydroxylation sites is 2. The van der Waals surface area contributed by atoms with Gasteiger partial charge >= 0.3 is 6.09 Å². The minimum Gasteiger partial charge on any atom is -0.410 e. The summed E-state index contributed by atoms with van der Waals surface area (Å²) in [6, 6.07) is 17.0. The number of anilines is 1. The first-order valence-electron chi connectivity index (χ1n) is 6.31. The van der Waals surface area contributed by atoms with E-state index < -0.39 is 0 Å². The Morgan fingerprint density at radius 3 is 2.37 bits per heavy atom. The molecule has 0 N–H and O–H groups in total. The van der Waals surface area contributed by atoms with Crippen LogP contribution in [0, 0.1) is 0 Å². The van der Waals surface area contributed by atoms with Crippen molar-refractivity contribution < 1.29 is 9.53 Å². The first-order valence-corrected chi connectivity index (χ1v) is 6.31. The number of benzene rings is 2. The lowest BCUT2D eigenvalue weighted by atomic mass is 10.1. The molecule has 3 heteroatoms. The topological polar surface area (TPSA) is 29.5 Å². The largest absolute Gasteiger partial charge is 0.419 e. The molecule has 1 amide bonds. The summed E-state index contributed by atoms with van der Waals surface area (Å²) in [4.78, 5) is 13.6. The molecule has 0 unspecified atom stereocenters. The van der Waals surface area contributed by atoms with Gasteiger partial charge in [-0.1, -0.05) is 43.3 Å². The number of nitrogens with zero attached hydrogens (tertiary/aromatic N) is 1.